The predicted octanol–water partition coefficient (Wildman–Crippen LogP) is 3.30. The molecule has 0 fully saturated rings. The predicted molar refractivity (Wildman–Crippen MR) is 117 cm³/mol. The van der Waals surface area contributed by atoms with Crippen LogP contribution < -0.4 is 15.6 Å². The molecule has 0 unspecified atom stereocenters. The molecule has 162 valence electrons. The van der Waals surface area contributed by atoms with Crippen molar-refractivity contribution in [3.8, 4) is 11.6 Å². The Morgan fingerprint density at radius 2 is 2.00 bits per heavy atom. The van der Waals surface area contributed by atoms with E-state index in [-0.39, 0.29) is 30.2 Å². The molecule has 0 aliphatic heterocycles. The molecule has 2 heterocycles. The summed E-state index contributed by atoms with van der Waals surface area (Å²) in [6.07, 6.45) is 1.66. The quantitative estimate of drug-likeness (QED) is 0.433. The van der Waals surface area contributed by atoms with Gasteiger partial charge in [-0.05, 0) is 41.5 Å². The smallest absolute Gasteiger partial charge is 0.255 e. The number of H-pyrrole nitrogens is 1. The Balaban J connectivity index is 1.59. The zero-order chi connectivity index (χ0) is 22.7. The summed E-state index contributed by atoms with van der Waals surface area (Å²) >= 11 is 0. The molecule has 2 aromatic carbocycles. The van der Waals surface area contributed by atoms with E-state index in [0.717, 1.165) is 5.56 Å². The van der Waals surface area contributed by atoms with E-state index >= 15 is 0 Å². The van der Waals surface area contributed by atoms with Crippen LogP contribution in [0.15, 0.2) is 65.6 Å². The van der Waals surface area contributed by atoms with Gasteiger partial charge < -0.3 is 20.1 Å². The van der Waals surface area contributed by atoms with Gasteiger partial charge in [-0.15, -0.1) is 0 Å². The lowest BCUT2D eigenvalue weighted by Crippen LogP contribution is -2.23. The highest BCUT2D eigenvalue weighted by atomic mass is 19.1. The fraction of sp³-hybridized carbons (Fsp3) is 0.125. The zero-order valence-electron chi connectivity index (χ0n) is 17.2. The number of amides is 1. The van der Waals surface area contributed by atoms with Gasteiger partial charge in [0.15, 0.2) is 0 Å². The van der Waals surface area contributed by atoms with Crippen molar-refractivity contribution >= 4 is 16.8 Å². The molecule has 32 heavy (non-hydrogen) atoms. The number of nitrogens with zero attached hydrogens (tertiary/aromatic N) is 1. The summed E-state index contributed by atoms with van der Waals surface area (Å²) in [6, 6.07) is 14.0. The highest BCUT2D eigenvalue weighted by molar-refractivity contribution is 5.99. The van der Waals surface area contributed by atoms with Crippen LogP contribution in [0, 0.1) is 5.82 Å². The molecule has 0 atom stereocenters. The maximum atomic E-state index is 13.5. The molecular formula is C24H20FN3O4. The third-order valence-corrected chi connectivity index (χ3v) is 5.07. The number of fused-ring (bicyclic) bond motifs is 1. The Morgan fingerprint density at radius 1 is 1.16 bits per heavy atom. The zero-order valence-corrected chi connectivity index (χ0v) is 17.2. The number of hydrogen-bond acceptors (Lipinski definition) is 5. The minimum atomic E-state index is -0.469. The van der Waals surface area contributed by atoms with Gasteiger partial charge in [0.1, 0.15) is 11.6 Å². The number of ether oxygens (including phenoxy) is 1. The Labute approximate surface area is 182 Å². The molecule has 1 amide bonds. The summed E-state index contributed by atoms with van der Waals surface area (Å²) in [5.41, 5.74) is 1.69. The van der Waals surface area contributed by atoms with Crippen molar-refractivity contribution in [1.82, 2.24) is 15.3 Å². The second-order valence-electron chi connectivity index (χ2n) is 7.24. The molecule has 0 saturated carbocycles. The molecule has 0 saturated heterocycles. The lowest BCUT2D eigenvalue weighted by Gasteiger charge is -2.10. The van der Waals surface area contributed by atoms with E-state index in [1.807, 2.05) is 0 Å². The van der Waals surface area contributed by atoms with Gasteiger partial charge in [0.25, 0.3) is 11.5 Å². The molecule has 4 rings (SSSR count). The SMILES string of the molecule is COc1ccc(CNC(=O)c2ccc3[nH]c(=O)c(Cc4cccc(F)c4)c(O)c3c2)cn1. The number of carbonyl (C=O) groups excluding carboxylic acids is 1. The molecule has 8 heteroatoms. The first-order valence-corrected chi connectivity index (χ1v) is 9.84. The van der Waals surface area contributed by atoms with Gasteiger partial charge in [0, 0.05) is 36.2 Å². The van der Waals surface area contributed by atoms with Gasteiger partial charge in [-0.1, -0.05) is 18.2 Å². The Kier molecular flexibility index (Phi) is 5.85. The highest BCUT2D eigenvalue weighted by Gasteiger charge is 2.15. The summed E-state index contributed by atoms with van der Waals surface area (Å²) in [5, 5.41) is 13.9. The molecule has 0 aliphatic carbocycles. The van der Waals surface area contributed by atoms with Crippen molar-refractivity contribution in [1.29, 1.82) is 0 Å². The third kappa shape index (κ3) is 4.44. The maximum absolute atomic E-state index is 13.5. The van der Waals surface area contributed by atoms with Crippen molar-refractivity contribution in [3.63, 3.8) is 0 Å². The number of aromatic nitrogens is 2. The molecule has 4 aromatic rings. The number of methoxy groups -OCH3 is 1. The number of pyridine rings is 2. The van der Waals surface area contributed by atoms with E-state index in [4.69, 9.17) is 4.74 Å². The van der Waals surface area contributed by atoms with Crippen LogP contribution in [0.25, 0.3) is 10.9 Å². The summed E-state index contributed by atoms with van der Waals surface area (Å²) in [5.74, 6) is -0.527. The van der Waals surface area contributed by atoms with Crippen LogP contribution in [0.2, 0.25) is 0 Å². The van der Waals surface area contributed by atoms with Crippen LogP contribution in [0.3, 0.4) is 0 Å². The Bertz CT molecular complexity index is 1350. The van der Waals surface area contributed by atoms with Gasteiger partial charge in [-0.25, -0.2) is 9.37 Å². The summed E-state index contributed by atoms with van der Waals surface area (Å²) in [4.78, 5) is 31.9. The molecule has 2 aromatic heterocycles. The minimum absolute atomic E-state index is 0.0513. The van der Waals surface area contributed by atoms with Crippen LogP contribution in [0.1, 0.15) is 27.0 Å². The number of carbonyl (C=O) groups is 1. The monoisotopic (exact) mass is 433 g/mol. The summed E-state index contributed by atoms with van der Waals surface area (Å²) in [7, 11) is 1.52. The molecular weight excluding hydrogens is 413 g/mol. The van der Waals surface area contributed by atoms with Crippen molar-refractivity contribution in [2.24, 2.45) is 0 Å². The number of rotatable bonds is 6. The van der Waals surface area contributed by atoms with Crippen LogP contribution in [0.4, 0.5) is 4.39 Å². The van der Waals surface area contributed by atoms with Gasteiger partial charge in [-0.2, -0.15) is 0 Å². The van der Waals surface area contributed by atoms with E-state index in [2.05, 4.69) is 15.3 Å². The fourth-order valence-corrected chi connectivity index (χ4v) is 3.39. The van der Waals surface area contributed by atoms with Crippen LogP contribution in [-0.4, -0.2) is 28.1 Å². The van der Waals surface area contributed by atoms with Gasteiger partial charge in [0.05, 0.1) is 18.2 Å². The first-order chi connectivity index (χ1) is 15.4. The van der Waals surface area contributed by atoms with Crippen LogP contribution in [-0.2, 0) is 13.0 Å². The van der Waals surface area contributed by atoms with Crippen LogP contribution >= 0.6 is 0 Å². The number of nitrogens with one attached hydrogen (secondary N) is 2. The van der Waals surface area contributed by atoms with Crippen molar-refractivity contribution < 1.29 is 19.0 Å². The van der Waals surface area contributed by atoms with Crippen molar-refractivity contribution in [2.45, 2.75) is 13.0 Å². The summed E-state index contributed by atoms with van der Waals surface area (Å²) in [6.45, 7) is 0.260. The minimum Gasteiger partial charge on any atom is -0.507 e. The van der Waals surface area contributed by atoms with Gasteiger partial charge in [-0.3, -0.25) is 9.59 Å². The maximum Gasteiger partial charge on any atom is 0.255 e. The average Bonchev–Trinajstić information content (AvgIpc) is 2.80. The lowest BCUT2D eigenvalue weighted by atomic mass is 10.0. The average molecular weight is 433 g/mol. The normalized spacial score (nSPS) is 10.8. The second-order valence-corrected chi connectivity index (χ2v) is 7.24. The Hall–Kier alpha value is -4.20. The fourth-order valence-electron chi connectivity index (χ4n) is 3.39. The third-order valence-electron chi connectivity index (χ3n) is 5.07. The molecule has 0 aliphatic rings. The van der Waals surface area contributed by atoms with E-state index in [1.54, 1.807) is 36.5 Å². The molecule has 0 radical (unpaired) electrons. The van der Waals surface area contributed by atoms with Gasteiger partial charge >= 0.3 is 0 Å². The highest BCUT2D eigenvalue weighted by Crippen LogP contribution is 2.27. The molecule has 7 nitrogen and oxygen atoms in total. The number of aromatic hydroxyl groups is 1. The standard InChI is InChI=1S/C24H20FN3O4/c1-32-21-8-5-15(12-26-21)13-27-23(30)16-6-7-20-18(11-16)22(29)19(24(31)28-20)10-14-3-2-4-17(25)9-14/h2-9,11-12H,10,13H2,1H3,(H,27,30)(H2,28,29,31). The van der Waals surface area contributed by atoms with Gasteiger partial charge in [0.2, 0.25) is 5.88 Å². The number of benzene rings is 2. The van der Waals surface area contributed by atoms with E-state index in [9.17, 15) is 19.1 Å². The number of aromatic amines is 1. The largest absolute Gasteiger partial charge is 0.507 e. The molecule has 3 N–H and O–H groups in total. The number of halogens is 1. The topological polar surface area (TPSA) is 104 Å². The van der Waals surface area contributed by atoms with E-state index < -0.39 is 11.4 Å². The van der Waals surface area contributed by atoms with Crippen molar-refractivity contribution in [3.05, 3.63) is 99.2 Å². The van der Waals surface area contributed by atoms with Crippen LogP contribution in [0.5, 0.6) is 11.6 Å². The second kappa shape index (κ2) is 8.89. The molecule has 0 bridgehead atoms. The summed E-state index contributed by atoms with van der Waals surface area (Å²) < 4.78 is 18.5. The Morgan fingerprint density at radius 3 is 2.72 bits per heavy atom. The lowest BCUT2D eigenvalue weighted by molar-refractivity contribution is 0.0951. The first-order valence-electron chi connectivity index (χ1n) is 9.84. The number of hydrogen-bond donors (Lipinski definition) is 3. The van der Waals surface area contributed by atoms with E-state index in [1.165, 1.54) is 31.4 Å². The van der Waals surface area contributed by atoms with E-state index in [0.29, 0.717) is 27.9 Å². The first kappa shape index (κ1) is 21.0. The molecule has 0 spiro atoms. The van der Waals surface area contributed by atoms with Crippen molar-refractivity contribution in [2.75, 3.05) is 7.11 Å².